The third-order valence-corrected chi connectivity index (χ3v) is 1.38. The van der Waals surface area contributed by atoms with Crippen LogP contribution in [0.25, 0.3) is 0 Å². The molecule has 74 valence electrons. The molecular weight excluding hydrogens is 260 g/mol. The Labute approximate surface area is 108 Å². The van der Waals surface area contributed by atoms with E-state index in [0.29, 0.717) is 0 Å². The molecule has 0 bridgehead atoms. The summed E-state index contributed by atoms with van der Waals surface area (Å²) in [6.45, 7) is 6.29. The third kappa shape index (κ3) is 61.0. The molecule has 0 saturated heterocycles. The molecule has 0 aliphatic rings. The van der Waals surface area contributed by atoms with Crippen molar-refractivity contribution >= 4 is 30.7 Å². The van der Waals surface area contributed by atoms with Crippen molar-refractivity contribution in [3.63, 3.8) is 0 Å². The topological polar surface area (TPSA) is 30.5 Å². The molecule has 0 saturated carbocycles. The quantitative estimate of drug-likeness (QED) is 0.544. The Morgan fingerprint density at radius 2 is 1.31 bits per heavy atom. The Morgan fingerprint density at radius 1 is 0.923 bits per heavy atom. The van der Waals surface area contributed by atoms with Gasteiger partial charge in [-0.15, -0.1) is 0 Å². The molecule has 0 aliphatic carbocycles. The summed E-state index contributed by atoms with van der Waals surface area (Å²) in [6, 6.07) is 1.17. The second-order valence-corrected chi connectivity index (χ2v) is 2.31. The van der Waals surface area contributed by atoms with E-state index in [4.69, 9.17) is 0 Å². The second kappa shape index (κ2) is 51.0. The van der Waals surface area contributed by atoms with Crippen LogP contribution in [0.2, 0.25) is 19.1 Å². The maximum Gasteiger partial charge on any atom is 1.38 e. The zero-order valence-electron chi connectivity index (χ0n) is 9.60. The van der Waals surface area contributed by atoms with Crippen molar-refractivity contribution in [3.05, 3.63) is 0 Å². The van der Waals surface area contributed by atoms with Gasteiger partial charge in [0.2, 0.25) is 0 Å². The van der Waals surface area contributed by atoms with Gasteiger partial charge in [0, 0.05) is 32.0 Å². The van der Waals surface area contributed by atoms with E-state index in [-0.39, 0.29) is 25.6 Å². The molecule has 0 N–H and O–H groups in total. The van der Waals surface area contributed by atoms with E-state index in [1.165, 1.54) is 31.7 Å². The van der Waals surface area contributed by atoms with E-state index in [2.05, 4.69) is 17.2 Å². The molecule has 5 heteroatoms. The monoisotopic (exact) mass is 281 g/mol. The number of unbranched alkanes of at least 4 members (excludes halogenated alkanes) is 3. The van der Waals surface area contributed by atoms with Crippen molar-refractivity contribution in [1.82, 2.24) is 6.15 Å². The fraction of sp³-hybridized carbons (Fsp3) is 1.00. The van der Waals surface area contributed by atoms with Gasteiger partial charge in [0.25, 0.3) is 0 Å². The zero-order chi connectivity index (χ0) is 9.54. The molecule has 0 aromatic rings. The van der Waals surface area contributed by atoms with Crippen molar-refractivity contribution < 1.29 is 19.5 Å². The van der Waals surface area contributed by atoms with Crippen molar-refractivity contribution in [3.8, 4) is 0 Å². The third-order valence-electron chi connectivity index (χ3n) is 1.03. The van der Waals surface area contributed by atoms with E-state index in [9.17, 15) is 0 Å². The van der Waals surface area contributed by atoms with Crippen LogP contribution in [0.1, 0.15) is 32.6 Å². The van der Waals surface area contributed by atoms with Gasteiger partial charge in [-0.25, -0.2) is 0 Å². The van der Waals surface area contributed by atoms with Crippen molar-refractivity contribution in [2.24, 2.45) is 0 Å². The summed E-state index contributed by atoms with van der Waals surface area (Å²) in [5.41, 5.74) is 0. The van der Waals surface area contributed by atoms with Crippen LogP contribution in [-0.4, -0.2) is 30.7 Å². The fourth-order valence-corrected chi connectivity index (χ4v) is 0.802. The average Bonchev–Trinajstić information content (AvgIpc) is 2.13. The molecule has 0 rings (SSSR count). The van der Waals surface area contributed by atoms with Gasteiger partial charge in [0.1, 0.15) is 0 Å². The molecule has 0 atom stereocenters. The second-order valence-electron chi connectivity index (χ2n) is 1.81. The Bertz CT molecular complexity index is 38.6. The molecule has 0 amide bonds. The van der Waals surface area contributed by atoms with E-state index in [0.717, 1.165) is 0 Å². The first kappa shape index (κ1) is 29.2. The molecular formula is C8H23NSi3Zn. The first-order valence-electron chi connectivity index (χ1n) is 4.47. The van der Waals surface area contributed by atoms with E-state index >= 15 is 0 Å². The summed E-state index contributed by atoms with van der Waals surface area (Å²) in [5.74, 6) is 0. The van der Waals surface area contributed by atoms with Crippen LogP contribution in [0, 0.1) is 0 Å². The molecule has 0 aliphatic heterocycles. The van der Waals surface area contributed by atoms with Crippen LogP contribution >= 0.6 is 0 Å². The van der Waals surface area contributed by atoms with Crippen LogP contribution < -0.4 is 6.15 Å². The Morgan fingerprint density at radius 3 is 1.54 bits per heavy atom. The van der Waals surface area contributed by atoms with Gasteiger partial charge in [-0.1, -0.05) is 19.8 Å². The van der Waals surface area contributed by atoms with Crippen LogP contribution in [0.3, 0.4) is 0 Å². The van der Waals surface area contributed by atoms with Crippen molar-refractivity contribution in [2.45, 2.75) is 51.7 Å². The molecule has 0 aromatic carbocycles. The Kier molecular flexibility index (Phi) is 115. The number of hydrogen-bond donors (Lipinski definition) is 0. The zero-order valence-corrected chi connectivity index (χ0v) is 16.4. The molecule has 4 radical (unpaired) electrons. The molecule has 13 heavy (non-hydrogen) atoms. The minimum absolute atomic E-state index is 0. The molecule has 0 fully saturated rings. The van der Waals surface area contributed by atoms with Crippen LogP contribution in [-0.2, 0) is 19.5 Å². The van der Waals surface area contributed by atoms with Crippen molar-refractivity contribution in [2.75, 3.05) is 0 Å². The summed E-state index contributed by atoms with van der Waals surface area (Å²) in [6.07, 6.45) is 5.46. The van der Waals surface area contributed by atoms with Crippen LogP contribution in [0.15, 0.2) is 0 Å². The van der Waals surface area contributed by atoms with Gasteiger partial charge < -0.3 is 20.5 Å². The first-order valence-corrected chi connectivity index (χ1v) is 8.01. The first-order chi connectivity index (χ1) is 5.41. The maximum atomic E-state index is 3.42. The minimum Gasteiger partial charge on any atom is -0.300 e. The maximum absolute atomic E-state index is 3.42. The van der Waals surface area contributed by atoms with Gasteiger partial charge in [-0.3, -0.25) is 0 Å². The van der Waals surface area contributed by atoms with E-state index < -0.39 is 0 Å². The van der Waals surface area contributed by atoms with Gasteiger partial charge in [0.05, 0.1) is 0 Å². The average molecular weight is 283 g/mol. The SMILES string of the molecule is CCCCCC[Si+2].C[SiH2-].C[SiH2-].[N].[Zn]. The van der Waals surface area contributed by atoms with Crippen LogP contribution in [0.4, 0.5) is 0 Å². The normalized spacial score (nSPS) is 5.85. The van der Waals surface area contributed by atoms with Gasteiger partial charge in [-0.2, -0.15) is 13.1 Å². The van der Waals surface area contributed by atoms with E-state index in [1.54, 1.807) is 0 Å². The molecule has 0 unspecified atom stereocenters. The van der Waals surface area contributed by atoms with Gasteiger partial charge in [-0.05, 0) is 6.42 Å². The van der Waals surface area contributed by atoms with Gasteiger partial charge in [0.15, 0.2) is 0 Å². The minimum atomic E-state index is 0. The molecule has 1 nitrogen and oxygen atoms in total. The predicted octanol–water partition coefficient (Wildman–Crippen LogP) is 1.01. The number of hydrogen-bond acceptors (Lipinski definition) is 0. The van der Waals surface area contributed by atoms with Gasteiger partial charge >= 0.3 is 16.3 Å². The summed E-state index contributed by atoms with van der Waals surface area (Å²) in [7, 11) is 7.14. The predicted molar refractivity (Wildman–Crippen MR) is 65.7 cm³/mol. The van der Waals surface area contributed by atoms with E-state index in [1.807, 2.05) is 33.6 Å². The molecule has 0 aromatic heterocycles. The van der Waals surface area contributed by atoms with Crippen molar-refractivity contribution in [1.29, 1.82) is 0 Å². The molecule has 0 heterocycles. The number of rotatable bonds is 4. The smallest absolute Gasteiger partial charge is 0.300 e. The standard InChI is InChI=1S/C6H13Si.2CH5Si.N.Zn/c1-2-3-4-5-6-7;2*1-2;;/h2-6H2,1H3;2*2H2,1H3;;/q+2;2*-1;;. The summed E-state index contributed by atoms with van der Waals surface area (Å²) in [5, 5.41) is 0. The van der Waals surface area contributed by atoms with Crippen LogP contribution in [0.5, 0.6) is 0 Å². The number of nitrogens with zero attached hydrogens (tertiary/aromatic N) is 1. The summed E-state index contributed by atoms with van der Waals surface area (Å²) < 4.78 is 0. The summed E-state index contributed by atoms with van der Waals surface area (Å²) >= 11 is 0. The molecule has 0 spiro atoms. The largest absolute Gasteiger partial charge is 1.38 e. The summed E-state index contributed by atoms with van der Waals surface area (Å²) in [4.78, 5) is 0. The fourth-order valence-electron chi connectivity index (χ4n) is 0.552. The Hall–Kier alpha value is 1.23. The Balaban J connectivity index is -0.0000000315.